The van der Waals surface area contributed by atoms with E-state index in [9.17, 15) is 9.59 Å². The molecule has 0 radical (unpaired) electrons. The number of anilines is 1. The largest absolute Gasteiger partial charge is 0.482 e. The van der Waals surface area contributed by atoms with Gasteiger partial charge in [0.15, 0.2) is 6.61 Å². The van der Waals surface area contributed by atoms with Gasteiger partial charge in [0.1, 0.15) is 5.75 Å². The molecule has 120 valence electrons. The standard InChI is InChI=1S/C16H14Cl2N2O3/c17-11-3-6-13(18)14(8-11)23-9-16(22)20-12-4-1-10(2-5-12)7-15(19)21/h1-6,8H,7,9H2,(H2,19,21)(H,20,22). The molecular formula is C16H14Cl2N2O3. The maximum absolute atomic E-state index is 11.9. The van der Waals surface area contributed by atoms with Gasteiger partial charge in [0.2, 0.25) is 5.91 Å². The third-order valence-corrected chi connectivity index (χ3v) is 3.42. The van der Waals surface area contributed by atoms with Gasteiger partial charge in [-0.3, -0.25) is 9.59 Å². The highest BCUT2D eigenvalue weighted by Crippen LogP contribution is 2.27. The van der Waals surface area contributed by atoms with Crippen LogP contribution in [0.1, 0.15) is 5.56 Å². The van der Waals surface area contributed by atoms with E-state index in [1.54, 1.807) is 36.4 Å². The average Bonchev–Trinajstić information content (AvgIpc) is 2.50. The SMILES string of the molecule is NC(=O)Cc1ccc(NC(=O)COc2cc(Cl)ccc2Cl)cc1. The minimum absolute atomic E-state index is 0.157. The lowest BCUT2D eigenvalue weighted by molar-refractivity contribution is -0.118. The summed E-state index contributed by atoms with van der Waals surface area (Å²) in [6.07, 6.45) is 0.157. The lowest BCUT2D eigenvalue weighted by Crippen LogP contribution is -2.20. The van der Waals surface area contributed by atoms with Crippen molar-refractivity contribution in [3.05, 3.63) is 58.1 Å². The van der Waals surface area contributed by atoms with Crippen molar-refractivity contribution in [2.45, 2.75) is 6.42 Å². The summed E-state index contributed by atoms with van der Waals surface area (Å²) in [5, 5.41) is 3.51. The summed E-state index contributed by atoms with van der Waals surface area (Å²) in [6.45, 7) is -0.205. The summed E-state index contributed by atoms with van der Waals surface area (Å²) in [7, 11) is 0. The van der Waals surface area contributed by atoms with Crippen molar-refractivity contribution in [1.29, 1.82) is 0 Å². The molecule has 2 aromatic carbocycles. The number of hydrogen-bond acceptors (Lipinski definition) is 3. The lowest BCUT2D eigenvalue weighted by Gasteiger charge is -2.09. The molecule has 0 heterocycles. The van der Waals surface area contributed by atoms with E-state index in [4.69, 9.17) is 33.7 Å². The molecule has 0 saturated carbocycles. The zero-order valence-corrected chi connectivity index (χ0v) is 13.5. The number of nitrogens with one attached hydrogen (secondary N) is 1. The van der Waals surface area contributed by atoms with Crippen LogP contribution in [0.2, 0.25) is 10.0 Å². The molecule has 5 nitrogen and oxygen atoms in total. The summed E-state index contributed by atoms with van der Waals surface area (Å²) in [5.41, 5.74) is 6.48. The van der Waals surface area contributed by atoms with Crippen LogP contribution in [-0.4, -0.2) is 18.4 Å². The molecule has 0 aliphatic rings. The van der Waals surface area contributed by atoms with Gasteiger partial charge in [-0.25, -0.2) is 0 Å². The molecule has 0 spiro atoms. The first-order valence-corrected chi connectivity index (χ1v) is 7.44. The first-order chi connectivity index (χ1) is 10.9. The van der Waals surface area contributed by atoms with E-state index >= 15 is 0 Å². The highest BCUT2D eigenvalue weighted by molar-refractivity contribution is 6.34. The van der Waals surface area contributed by atoms with Crippen LogP contribution in [0.4, 0.5) is 5.69 Å². The molecule has 0 aromatic heterocycles. The summed E-state index contributed by atoms with van der Waals surface area (Å²) < 4.78 is 5.34. The molecule has 0 atom stereocenters. The molecule has 2 aromatic rings. The summed E-state index contributed by atoms with van der Waals surface area (Å²) in [4.78, 5) is 22.7. The number of carbonyl (C=O) groups excluding carboxylic acids is 2. The Morgan fingerprint density at radius 2 is 1.78 bits per heavy atom. The highest BCUT2D eigenvalue weighted by Gasteiger charge is 2.07. The Kier molecular flexibility index (Phi) is 5.84. The van der Waals surface area contributed by atoms with Crippen LogP contribution in [0.15, 0.2) is 42.5 Å². The maximum Gasteiger partial charge on any atom is 0.262 e. The summed E-state index contributed by atoms with van der Waals surface area (Å²) in [5.74, 6) is -0.414. The maximum atomic E-state index is 11.9. The van der Waals surface area contributed by atoms with Crippen molar-refractivity contribution in [2.24, 2.45) is 5.73 Å². The average molecular weight is 353 g/mol. The fourth-order valence-corrected chi connectivity index (χ4v) is 2.17. The number of hydrogen-bond donors (Lipinski definition) is 2. The monoisotopic (exact) mass is 352 g/mol. The van der Waals surface area contributed by atoms with E-state index in [0.717, 1.165) is 5.56 Å². The smallest absolute Gasteiger partial charge is 0.262 e. The quantitative estimate of drug-likeness (QED) is 0.838. The first kappa shape index (κ1) is 17.1. The Morgan fingerprint density at radius 3 is 2.43 bits per heavy atom. The van der Waals surface area contributed by atoms with Crippen molar-refractivity contribution in [1.82, 2.24) is 0 Å². The van der Waals surface area contributed by atoms with E-state index in [2.05, 4.69) is 5.32 Å². The highest BCUT2D eigenvalue weighted by atomic mass is 35.5. The third-order valence-electron chi connectivity index (χ3n) is 2.87. The van der Waals surface area contributed by atoms with Gasteiger partial charge >= 0.3 is 0 Å². The molecule has 23 heavy (non-hydrogen) atoms. The number of carbonyl (C=O) groups is 2. The van der Waals surface area contributed by atoms with E-state index in [1.165, 1.54) is 6.07 Å². The lowest BCUT2D eigenvalue weighted by atomic mass is 10.1. The van der Waals surface area contributed by atoms with Crippen LogP contribution in [0, 0.1) is 0 Å². The molecule has 0 aliphatic heterocycles. The Hall–Kier alpha value is -2.24. The van der Waals surface area contributed by atoms with Crippen LogP contribution in [0.25, 0.3) is 0 Å². The predicted octanol–water partition coefficient (Wildman–Crippen LogP) is 3.04. The number of nitrogens with two attached hydrogens (primary N) is 1. The van der Waals surface area contributed by atoms with Gasteiger partial charge in [0.25, 0.3) is 5.91 Å². The Bertz CT molecular complexity index is 718. The fraction of sp³-hybridized carbons (Fsp3) is 0.125. The molecule has 2 rings (SSSR count). The minimum Gasteiger partial charge on any atom is -0.482 e. The van der Waals surface area contributed by atoms with Crippen LogP contribution >= 0.6 is 23.2 Å². The molecule has 0 bridgehead atoms. The zero-order chi connectivity index (χ0) is 16.8. The number of amides is 2. The normalized spacial score (nSPS) is 10.2. The Labute approximate surface area is 143 Å². The fourth-order valence-electron chi connectivity index (χ4n) is 1.84. The topological polar surface area (TPSA) is 81.4 Å². The van der Waals surface area contributed by atoms with Gasteiger partial charge < -0.3 is 15.8 Å². The number of ether oxygens (including phenoxy) is 1. The summed E-state index contributed by atoms with van der Waals surface area (Å²) in [6, 6.07) is 11.6. The van der Waals surface area contributed by atoms with Crippen molar-refractivity contribution >= 4 is 40.7 Å². The second-order valence-corrected chi connectivity index (χ2v) is 5.60. The van der Waals surface area contributed by atoms with Crippen molar-refractivity contribution in [3.63, 3.8) is 0 Å². The molecule has 3 N–H and O–H groups in total. The third kappa shape index (κ3) is 5.47. The predicted molar refractivity (Wildman–Crippen MR) is 89.9 cm³/mol. The molecule has 0 unspecified atom stereocenters. The van der Waals surface area contributed by atoms with Gasteiger partial charge in [-0.1, -0.05) is 35.3 Å². The number of rotatable bonds is 6. The van der Waals surface area contributed by atoms with Crippen molar-refractivity contribution in [3.8, 4) is 5.75 Å². The summed E-state index contributed by atoms with van der Waals surface area (Å²) >= 11 is 11.8. The second kappa shape index (κ2) is 7.85. The first-order valence-electron chi connectivity index (χ1n) is 6.69. The number of halogens is 2. The molecule has 0 saturated heterocycles. The molecule has 0 aliphatic carbocycles. The zero-order valence-electron chi connectivity index (χ0n) is 12.0. The number of primary amides is 1. The van der Waals surface area contributed by atoms with Crippen molar-refractivity contribution in [2.75, 3.05) is 11.9 Å². The van der Waals surface area contributed by atoms with Gasteiger partial charge in [0.05, 0.1) is 11.4 Å². The van der Waals surface area contributed by atoms with Gasteiger partial charge in [0, 0.05) is 16.8 Å². The molecule has 7 heteroatoms. The molecule has 2 amide bonds. The van der Waals surface area contributed by atoms with Crippen LogP contribution in [0.5, 0.6) is 5.75 Å². The van der Waals surface area contributed by atoms with Crippen LogP contribution in [0.3, 0.4) is 0 Å². The van der Waals surface area contributed by atoms with E-state index in [-0.39, 0.29) is 18.9 Å². The van der Waals surface area contributed by atoms with E-state index in [0.29, 0.717) is 21.5 Å². The van der Waals surface area contributed by atoms with Gasteiger partial charge in [-0.15, -0.1) is 0 Å². The minimum atomic E-state index is -0.409. The van der Waals surface area contributed by atoms with Crippen LogP contribution < -0.4 is 15.8 Å². The van der Waals surface area contributed by atoms with E-state index < -0.39 is 5.91 Å². The number of benzene rings is 2. The van der Waals surface area contributed by atoms with Crippen LogP contribution in [-0.2, 0) is 16.0 Å². The second-order valence-electron chi connectivity index (χ2n) is 4.75. The molecular weight excluding hydrogens is 339 g/mol. The molecule has 0 fully saturated rings. The van der Waals surface area contributed by atoms with Gasteiger partial charge in [-0.2, -0.15) is 0 Å². The van der Waals surface area contributed by atoms with Gasteiger partial charge in [-0.05, 0) is 29.8 Å². The Balaban J connectivity index is 1.89. The van der Waals surface area contributed by atoms with Crippen molar-refractivity contribution < 1.29 is 14.3 Å². The Morgan fingerprint density at radius 1 is 1.09 bits per heavy atom. The van der Waals surface area contributed by atoms with E-state index in [1.807, 2.05) is 0 Å².